The van der Waals surface area contributed by atoms with Crippen molar-refractivity contribution in [3.05, 3.63) is 72.1 Å². The summed E-state index contributed by atoms with van der Waals surface area (Å²) in [5.74, 6) is 1.57. The fourth-order valence-corrected chi connectivity index (χ4v) is 4.09. The molecule has 1 radical (unpaired) electrons. The number of fused-ring (bicyclic) bond motifs is 2. The molecule has 0 bridgehead atoms. The van der Waals surface area contributed by atoms with Crippen LogP contribution < -0.4 is 7.06 Å². The van der Waals surface area contributed by atoms with Gasteiger partial charge in [0.1, 0.15) is 0 Å². The van der Waals surface area contributed by atoms with Crippen LogP contribution in [0.2, 0.25) is 0 Å². The Bertz CT molecular complexity index is 984. The molecule has 4 aromatic rings. The van der Waals surface area contributed by atoms with Crippen LogP contribution in [-0.4, -0.2) is 33.6 Å². The molecule has 2 aromatic carbocycles. The maximum absolute atomic E-state index is 6.00. The summed E-state index contributed by atoms with van der Waals surface area (Å²) in [6.07, 6.45) is 0. The third-order valence-corrected chi connectivity index (χ3v) is 5.46. The van der Waals surface area contributed by atoms with E-state index in [4.69, 9.17) is 7.06 Å². The average molecular weight is 404 g/mol. The quantitative estimate of drug-likeness (QED) is 0.488. The molecule has 0 fully saturated rings. The van der Waals surface area contributed by atoms with E-state index >= 15 is 0 Å². The van der Waals surface area contributed by atoms with E-state index in [2.05, 4.69) is 22.1 Å². The van der Waals surface area contributed by atoms with Gasteiger partial charge in [-0.05, 0) is 0 Å². The van der Waals surface area contributed by atoms with E-state index in [0.29, 0.717) is 0 Å². The first-order chi connectivity index (χ1) is 12.2. The van der Waals surface area contributed by atoms with E-state index < -0.39 is 18.1 Å². The molecule has 0 saturated carbocycles. The van der Waals surface area contributed by atoms with Gasteiger partial charge in [0.15, 0.2) is 0 Å². The maximum atomic E-state index is 6.00. The van der Waals surface area contributed by atoms with Gasteiger partial charge in [-0.2, -0.15) is 0 Å². The van der Waals surface area contributed by atoms with E-state index in [1.165, 1.54) is 0 Å². The smallest absolute Gasteiger partial charge is 0.412 e. The van der Waals surface area contributed by atoms with Crippen LogP contribution >= 0.6 is 0 Å². The van der Waals surface area contributed by atoms with Crippen molar-refractivity contribution in [3.8, 4) is 11.5 Å². The van der Waals surface area contributed by atoms with Gasteiger partial charge in [-0.25, -0.2) is 0 Å². The molecule has 0 saturated heterocycles. The van der Waals surface area contributed by atoms with Crippen LogP contribution in [0.1, 0.15) is 11.4 Å². The number of nitrogens with zero attached hydrogens (tertiary/aromatic N) is 2. The van der Waals surface area contributed by atoms with Gasteiger partial charge in [-0.15, -0.1) is 0 Å². The number of hydrogen-bond acceptors (Lipinski definition) is 4. The number of pyridine rings is 2. The van der Waals surface area contributed by atoms with Crippen LogP contribution in [0.25, 0.3) is 21.8 Å². The standard InChI is InChI=1S/2C10H9NO.Ga.H2O/c2*1-7-5-6-8-3-2-4-9(12)10(8)11-7;;/h2*2-6,12H,1H3;;1H2/q;;+2;/p-2. The van der Waals surface area contributed by atoms with Crippen molar-refractivity contribution in [1.82, 2.24) is 9.97 Å². The Morgan fingerprint density at radius 3 is 1.58 bits per heavy atom. The predicted octanol–water partition coefficient (Wildman–Crippen LogP) is 3.57. The van der Waals surface area contributed by atoms with E-state index in [0.717, 1.165) is 44.7 Å². The van der Waals surface area contributed by atoms with Crippen LogP contribution in [0.5, 0.6) is 11.5 Å². The molecule has 129 valence electrons. The van der Waals surface area contributed by atoms with E-state index in [1.54, 1.807) is 0 Å². The Morgan fingerprint density at radius 1 is 0.654 bits per heavy atom. The largest absolute Gasteiger partial charge is 0.412 e. The summed E-state index contributed by atoms with van der Waals surface area (Å²) in [5.41, 5.74) is 3.72. The summed E-state index contributed by atoms with van der Waals surface area (Å²) in [6, 6.07) is 20.1. The predicted molar refractivity (Wildman–Crippen MR) is 104 cm³/mol. The van der Waals surface area contributed by atoms with E-state index in [1.807, 2.05) is 62.4 Å². The van der Waals surface area contributed by atoms with Gasteiger partial charge >= 0.3 is 154 Å². The van der Waals surface area contributed by atoms with Crippen molar-refractivity contribution in [1.29, 1.82) is 0 Å². The van der Waals surface area contributed by atoms with Crippen molar-refractivity contribution >= 4 is 39.9 Å². The van der Waals surface area contributed by atoms with Gasteiger partial charge in [0.25, 0.3) is 0 Å². The second-order valence-electron chi connectivity index (χ2n) is 5.89. The minimum absolute atomic E-state index is 0. The summed E-state index contributed by atoms with van der Waals surface area (Å²) < 4.78 is 12.0. The number of rotatable bonds is 4. The summed E-state index contributed by atoms with van der Waals surface area (Å²) in [4.78, 5) is 9.19. The van der Waals surface area contributed by atoms with Gasteiger partial charge in [0.05, 0.1) is 0 Å². The molecular formula is C20H18GaN2O3. The molecule has 0 aliphatic heterocycles. The fourth-order valence-electron chi connectivity index (χ4n) is 2.75. The zero-order chi connectivity index (χ0) is 17.2. The molecular weight excluding hydrogens is 386 g/mol. The molecule has 0 spiro atoms. The van der Waals surface area contributed by atoms with Crippen LogP contribution in [0.4, 0.5) is 0 Å². The van der Waals surface area contributed by atoms with E-state index in [9.17, 15) is 0 Å². The average Bonchev–Trinajstić information content (AvgIpc) is 2.62. The third-order valence-electron chi connectivity index (χ3n) is 4.00. The van der Waals surface area contributed by atoms with Gasteiger partial charge in [-0.1, -0.05) is 0 Å². The van der Waals surface area contributed by atoms with Gasteiger partial charge in [0.2, 0.25) is 0 Å². The zero-order valence-corrected chi connectivity index (χ0v) is 17.0. The first-order valence-corrected chi connectivity index (χ1v) is 10.1. The molecule has 5 nitrogen and oxygen atoms in total. The minimum Gasteiger partial charge on any atom is -0.412 e. The number of hydrogen-bond donors (Lipinski definition) is 0. The Balaban J connectivity index is 0.00000196. The Labute approximate surface area is 159 Å². The van der Waals surface area contributed by atoms with Crippen molar-refractivity contribution in [2.45, 2.75) is 13.8 Å². The van der Waals surface area contributed by atoms with Crippen LogP contribution in [0.3, 0.4) is 0 Å². The second kappa shape index (κ2) is 7.78. The number of aryl methyl sites for hydroxylation is 2. The first-order valence-electron chi connectivity index (χ1n) is 8.08. The summed E-state index contributed by atoms with van der Waals surface area (Å²) in [7, 11) is 0. The summed E-state index contributed by atoms with van der Waals surface area (Å²) in [5, 5.41) is 2.14. The number of benzene rings is 2. The van der Waals surface area contributed by atoms with Crippen LogP contribution in [-0.2, 0) is 0 Å². The van der Waals surface area contributed by atoms with Crippen molar-refractivity contribution in [2.24, 2.45) is 0 Å². The monoisotopic (exact) mass is 403 g/mol. The number of para-hydroxylation sites is 2. The molecule has 6 heteroatoms. The molecule has 2 aromatic heterocycles. The molecule has 4 rings (SSSR count). The van der Waals surface area contributed by atoms with Crippen molar-refractivity contribution < 1.29 is 12.5 Å². The molecule has 0 aliphatic carbocycles. The Morgan fingerprint density at radius 2 is 1.12 bits per heavy atom. The third kappa shape index (κ3) is 3.67. The number of aromatic nitrogens is 2. The zero-order valence-electron chi connectivity index (χ0n) is 14.6. The van der Waals surface area contributed by atoms with Crippen LogP contribution in [0, 0.1) is 13.8 Å². The summed E-state index contributed by atoms with van der Waals surface area (Å²) >= 11 is -1.44. The molecule has 0 aliphatic rings. The van der Waals surface area contributed by atoms with E-state index in [-0.39, 0.29) is 5.48 Å². The Kier molecular flexibility index (Phi) is 5.46. The molecule has 2 N–H and O–H groups in total. The van der Waals surface area contributed by atoms with Gasteiger partial charge in [-0.3, -0.25) is 0 Å². The topological polar surface area (TPSA) is 75.7 Å². The molecule has 0 amide bonds. The Hall–Kier alpha value is -2.54. The van der Waals surface area contributed by atoms with Crippen LogP contribution in [0.15, 0.2) is 60.7 Å². The molecule has 26 heavy (non-hydrogen) atoms. The minimum atomic E-state index is -1.44. The first kappa shape index (κ1) is 18.3. The van der Waals surface area contributed by atoms with Crippen molar-refractivity contribution in [2.75, 3.05) is 0 Å². The van der Waals surface area contributed by atoms with Gasteiger partial charge < -0.3 is 5.48 Å². The molecule has 2 heterocycles. The SMILES string of the molecule is Cc1ccc2cccc([O][Ga][O]c3cccc4ccc(C)nc34)c2n1.O. The summed E-state index contributed by atoms with van der Waals surface area (Å²) in [6.45, 7) is 3.96. The maximum Gasteiger partial charge on any atom is -0.412 e. The normalized spacial score (nSPS) is 10.4. The molecule has 0 unspecified atom stereocenters. The van der Waals surface area contributed by atoms with Crippen molar-refractivity contribution in [3.63, 3.8) is 0 Å². The second-order valence-corrected chi connectivity index (χ2v) is 7.29. The van der Waals surface area contributed by atoms with Gasteiger partial charge in [0, 0.05) is 0 Å². The molecule has 0 atom stereocenters. The fraction of sp³-hybridized carbons (Fsp3) is 0.100.